The van der Waals surface area contributed by atoms with Crippen molar-refractivity contribution >= 4 is 22.5 Å². The maximum absolute atomic E-state index is 12.0. The minimum atomic E-state index is -0.250. The molecule has 0 unspecified atom stereocenters. The Morgan fingerprint density at radius 1 is 0.955 bits per heavy atom. The Morgan fingerprint density at radius 3 is 2.45 bits per heavy atom. The Morgan fingerprint density at radius 2 is 1.73 bits per heavy atom. The van der Waals surface area contributed by atoms with E-state index >= 15 is 0 Å². The van der Waals surface area contributed by atoms with Gasteiger partial charge in [-0.1, -0.05) is 54.6 Å². The van der Waals surface area contributed by atoms with Crippen LogP contribution >= 0.6 is 0 Å². The lowest BCUT2D eigenvalue weighted by atomic mass is 9.97. The Bertz CT molecular complexity index is 854. The van der Waals surface area contributed by atoms with Crippen molar-refractivity contribution in [2.75, 3.05) is 0 Å². The number of fused-ring (bicyclic) bond motifs is 1. The van der Waals surface area contributed by atoms with Gasteiger partial charge in [0, 0.05) is 5.56 Å². The van der Waals surface area contributed by atoms with Gasteiger partial charge < -0.3 is 5.32 Å². The lowest BCUT2D eigenvalue weighted by molar-refractivity contribution is 0.0977. The predicted octanol–water partition coefficient (Wildman–Crippen LogP) is 4.23. The van der Waals surface area contributed by atoms with Gasteiger partial charge in [-0.2, -0.15) is 0 Å². The van der Waals surface area contributed by atoms with Gasteiger partial charge in [-0.3, -0.25) is 10.2 Å². The molecule has 0 saturated heterocycles. The van der Waals surface area contributed by atoms with E-state index in [0.29, 0.717) is 5.56 Å². The summed E-state index contributed by atoms with van der Waals surface area (Å²) in [7, 11) is 0. The summed E-state index contributed by atoms with van der Waals surface area (Å²) in [6.07, 6.45) is 0. The Labute approximate surface area is 129 Å². The standard InChI is InChI=1S/C19H16N2O/c1-13(20)21-19(22)16-10-11-18-15(12-16)8-5-9-17(18)14-6-3-2-4-7-14/h2-12H,1H3,(H2,20,21,22). The zero-order chi connectivity index (χ0) is 15.5. The fourth-order valence-electron chi connectivity index (χ4n) is 2.54. The number of hydrogen-bond acceptors (Lipinski definition) is 2. The molecule has 0 atom stereocenters. The second-order valence-electron chi connectivity index (χ2n) is 5.19. The zero-order valence-corrected chi connectivity index (χ0v) is 12.3. The van der Waals surface area contributed by atoms with E-state index in [1.54, 1.807) is 13.0 Å². The molecule has 0 fully saturated rings. The van der Waals surface area contributed by atoms with Crippen molar-refractivity contribution in [2.45, 2.75) is 6.92 Å². The number of carbonyl (C=O) groups is 1. The monoisotopic (exact) mass is 288 g/mol. The lowest BCUT2D eigenvalue weighted by Gasteiger charge is -2.09. The highest BCUT2D eigenvalue weighted by atomic mass is 16.1. The third-order valence-corrected chi connectivity index (χ3v) is 3.53. The molecule has 0 spiro atoms. The first-order valence-electron chi connectivity index (χ1n) is 7.10. The van der Waals surface area contributed by atoms with Gasteiger partial charge in [0.15, 0.2) is 0 Å². The van der Waals surface area contributed by atoms with Crippen LogP contribution in [0, 0.1) is 5.41 Å². The number of amidine groups is 1. The first-order chi connectivity index (χ1) is 10.6. The molecule has 0 saturated carbocycles. The average Bonchev–Trinajstić information content (AvgIpc) is 2.54. The number of carbonyl (C=O) groups excluding carboxylic acids is 1. The van der Waals surface area contributed by atoms with Crippen LogP contribution in [0.25, 0.3) is 21.9 Å². The summed E-state index contributed by atoms with van der Waals surface area (Å²) in [5, 5.41) is 12.0. The zero-order valence-electron chi connectivity index (χ0n) is 12.3. The maximum atomic E-state index is 12.0. The first-order valence-corrected chi connectivity index (χ1v) is 7.10. The summed E-state index contributed by atoms with van der Waals surface area (Å²) < 4.78 is 0. The Hall–Kier alpha value is -2.94. The smallest absolute Gasteiger partial charge is 0.256 e. The van der Waals surface area contributed by atoms with E-state index in [0.717, 1.165) is 21.9 Å². The van der Waals surface area contributed by atoms with Crippen LogP contribution in [0.15, 0.2) is 66.7 Å². The molecule has 1 amide bonds. The van der Waals surface area contributed by atoms with Gasteiger partial charge in [-0.25, -0.2) is 0 Å². The van der Waals surface area contributed by atoms with Crippen LogP contribution in [0.5, 0.6) is 0 Å². The SMILES string of the molecule is CC(=N)NC(=O)c1ccc2c(-c3ccccc3)cccc2c1. The van der Waals surface area contributed by atoms with Gasteiger partial charge in [0.05, 0.1) is 5.84 Å². The van der Waals surface area contributed by atoms with Crippen LogP contribution in [0.3, 0.4) is 0 Å². The largest absolute Gasteiger partial charge is 0.311 e. The molecule has 3 nitrogen and oxygen atoms in total. The van der Waals surface area contributed by atoms with Crippen LogP contribution < -0.4 is 5.32 Å². The molecule has 108 valence electrons. The summed E-state index contributed by atoms with van der Waals surface area (Å²) in [6.45, 7) is 1.55. The van der Waals surface area contributed by atoms with Crippen LogP contribution in [0.1, 0.15) is 17.3 Å². The highest BCUT2D eigenvalue weighted by Gasteiger charge is 2.09. The summed E-state index contributed by atoms with van der Waals surface area (Å²) in [6, 6.07) is 21.9. The summed E-state index contributed by atoms with van der Waals surface area (Å²) >= 11 is 0. The van der Waals surface area contributed by atoms with Crippen molar-refractivity contribution in [3.05, 3.63) is 72.3 Å². The summed E-state index contributed by atoms with van der Waals surface area (Å²) in [5.74, 6) is -0.109. The molecular weight excluding hydrogens is 272 g/mol. The number of nitrogens with one attached hydrogen (secondary N) is 2. The number of amides is 1. The molecular formula is C19H16N2O. The van der Waals surface area contributed by atoms with E-state index in [9.17, 15) is 4.79 Å². The highest BCUT2D eigenvalue weighted by Crippen LogP contribution is 2.29. The number of hydrogen-bond donors (Lipinski definition) is 2. The van der Waals surface area contributed by atoms with E-state index in [2.05, 4.69) is 23.5 Å². The number of rotatable bonds is 2. The molecule has 0 aliphatic rings. The van der Waals surface area contributed by atoms with Crippen LogP contribution in [0.2, 0.25) is 0 Å². The second-order valence-corrected chi connectivity index (χ2v) is 5.19. The fraction of sp³-hybridized carbons (Fsp3) is 0.0526. The third-order valence-electron chi connectivity index (χ3n) is 3.53. The molecule has 3 heteroatoms. The van der Waals surface area contributed by atoms with Gasteiger partial charge >= 0.3 is 0 Å². The minimum absolute atomic E-state index is 0.142. The molecule has 0 heterocycles. The average molecular weight is 288 g/mol. The Balaban J connectivity index is 2.08. The summed E-state index contributed by atoms with van der Waals surface area (Å²) in [5.41, 5.74) is 2.86. The predicted molar refractivity (Wildman–Crippen MR) is 90.3 cm³/mol. The maximum Gasteiger partial charge on any atom is 0.256 e. The number of benzene rings is 3. The topological polar surface area (TPSA) is 53.0 Å². The van der Waals surface area contributed by atoms with E-state index in [-0.39, 0.29) is 11.7 Å². The molecule has 0 radical (unpaired) electrons. The van der Waals surface area contributed by atoms with Crippen molar-refractivity contribution in [1.82, 2.24) is 5.32 Å². The third kappa shape index (κ3) is 2.74. The van der Waals surface area contributed by atoms with E-state index in [1.807, 2.05) is 42.5 Å². The van der Waals surface area contributed by atoms with Gasteiger partial charge in [0.2, 0.25) is 0 Å². The Kier molecular flexibility index (Phi) is 3.71. The molecule has 3 aromatic rings. The fourth-order valence-corrected chi connectivity index (χ4v) is 2.54. The second kappa shape index (κ2) is 5.82. The van der Waals surface area contributed by atoms with Crippen LogP contribution in [-0.2, 0) is 0 Å². The highest BCUT2D eigenvalue weighted by molar-refractivity contribution is 6.07. The molecule has 3 rings (SSSR count). The minimum Gasteiger partial charge on any atom is -0.311 e. The molecule has 3 aromatic carbocycles. The van der Waals surface area contributed by atoms with Crippen LogP contribution in [0.4, 0.5) is 0 Å². The van der Waals surface area contributed by atoms with E-state index < -0.39 is 0 Å². The molecule has 0 bridgehead atoms. The molecule has 22 heavy (non-hydrogen) atoms. The van der Waals surface area contributed by atoms with Gasteiger partial charge in [0.25, 0.3) is 5.91 Å². The first kappa shape index (κ1) is 14.0. The van der Waals surface area contributed by atoms with Crippen LogP contribution in [-0.4, -0.2) is 11.7 Å². The van der Waals surface area contributed by atoms with Crippen molar-refractivity contribution in [1.29, 1.82) is 5.41 Å². The molecule has 2 N–H and O–H groups in total. The van der Waals surface area contributed by atoms with Gasteiger partial charge in [0.1, 0.15) is 0 Å². The van der Waals surface area contributed by atoms with E-state index in [1.165, 1.54) is 0 Å². The van der Waals surface area contributed by atoms with Gasteiger partial charge in [-0.15, -0.1) is 0 Å². The molecule has 0 aliphatic carbocycles. The van der Waals surface area contributed by atoms with Crippen molar-refractivity contribution in [3.8, 4) is 11.1 Å². The van der Waals surface area contributed by atoms with Gasteiger partial charge in [-0.05, 0) is 41.0 Å². The summed E-state index contributed by atoms with van der Waals surface area (Å²) in [4.78, 5) is 12.0. The molecule has 0 aliphatic heterocycles. The normalized spacial score (nSPS) is 10.4. The molecule has 0 aromatic heterocycles. The van der Waals surface area contributed by atoms with Crippen molar-refractivity contribution in [3.63, 3.8) is 0 Å². The quantitative estimate of drug-likeness (QED) is 0.538. The van der Waals surface area contributed by atoms with E-state index in [4.69, 9.17) is 5.41 Å². The van der Waals surface area contributed by atoms with Crippen molar-refractivity contribution in [2.24, 2.45) is 0 Å². The lowest BCUT2D eigenvalue weighted by Crippen LogP contribution is -2.27. The van der Waals surface area contributed by atoms with Crippen molar-refractivity contribution < 1.29 is 4.79 Å².